The number of benzene rings is 1. The molecule has 0 spiro atoms. The minimum atomic E-state index is -0.429. The minimum absolute atomic E-state index is 0.201. The van der Waals surface area contributed by atoms with Crippen molar-refractivity contribution in [3.8, 4) is 5.75 Å². The summed E-state index contributed by atoms with van der Waals surface area (Å²) in [6, 6.07) is 7.49. The van der Waals surface area contributed by atoms with Crippen molar-refractivity contribution in [1.82, 2.24) is 10.2 Å². The van der Waals surface area contributed by atoms with Crippen molar-refractivity contribution in [2.24, 2.45) is 5.92 Å². The van der Waals surface area contributed by atoms with Crippen LogP contribution in [0.4, 0.5) is 0 Å². The van der Waals surface area contributed by atoms with E-state index in [1.165, 1.54) is 0 Å². The third-order valence-electron chi connectivity index (χ3n) is 3.71. The first kappa shape index (κ1) is 13.2. The van der Waals surface area contributed by atoms with Crippen LogP contribution in [0.25, 0.3) is 0 Å². The third kappa shape index (κ3) is 1.91. The Labute approximate surface area is 122 Å². The van der Waals surface area contributed by atoms with Crippen LogP contribution in [0.15, 0.2) is 24.3 Å². The second-order valence-electron chi connectivity index (χ2n) is 4.86. The van der Waals surface area contributed by atoms with E-state index in [1.807, 2.05) is 31.3 Å². The molecule has 0 radical (unpaired) electrons. The van der Waals surface area contributed by atoms with Crippen molar-refractivity contribution in [2.75, 3.05) is 13.7 Å². The molecule has 1 aromatic rings. The summed E-state index contributed by atoms with van der Waals surface area (Å²) in [6.45, 7) is 2.15. The number of carbonyl (C=O) groups excluding carboxylic acids is 1. The molecule has 2 aliphatic heterocycles. The molecule has 1 saturated heterocycles. The Morgan fingerprint density at radius 2 is 2.25 bits per heavy atom. The SMILES string of the molecule is CCOC(=O)C1C2NC(=S)N(C)C1Oc1ccccc12. The maximum absolute atomic E-state index is 12.3. The van der Waals surface area contributed by atoms with E-state index in [0.717, 1.165) is 11.3 Å². The molecule has 2 bridgehead atoms. The second-order valence-corrected chi connectivity index (χ2v) is 5.25. The zero-order valence-corrected chi connectivity index (χ0v) is 12.1. The normalized spacial score (nSPS) is 27.2. The van der Waals surface area contributed by atoms with Gasteiger partial charge in [0.1, 0.15) is 11.7 Å². The van der Waals surface area contributed by atoms with Gasteiger partial charge in [0.05, 0.1) is 12.6 Å². The highest BCUT2D eigenvalue weighted by molar-refractivity contribution is 7.80. The molecule has 2 heterocycles. The summed E-state index contributed by atoms with van der Waals surface area (Å²) in [7, 11) is 1.82. The Morgan fingerprint density at radius 1 is 1.50 bits per heavy atom. The van der Waals surface area contributed by atoms with Gasteiger partial charge in [0, 0.05) is 12.6 Å². The molecule has 106 valence electrons. The van der Waals surface area contributed by atoms with Gasteiger partial charge in [-0.05, 0) is 25.2 Å². The van der Waals surface area contributed by atoms with E-state index in [1.54, 1.807) is 11.8 Å². The summed E-state index contributed by atoms with van der Waals surface area (Å²) < 4.78 is 11.2. The van der Waals surface area contributed by atoms with Gasteiger partial charge in [-0.15, -0.1) is 0 Å². The van der Waals surface area contributed by atoms with Crippen molar-refractivity contribution in [3.05, 3.63) is 29.8 Å². The third-order valence-corrected chi connectivity index (χ3v) is 4.11. The van der Waals surface area contributed by atoms with Crippen LogP contribution < -0.4 is 10.1 Å². The van der Waals surface area contributed by atoms with Gasteiger partial charge in [-0.1, -0.05) is 18.2 Å². The molecule has 1 N–H and O–H groups in total. The number of para-hydroxylation sites is 1. The first-order valence-corrected chi connectivity index (χ1v) is 7.00. The summed E-state index contributed by atoms with van der Waals surface area (Å²) in [5.74, 6) is 0.0882. The Morgan fingerprint density at radius 3 is 3.00 bits per heavy atom. The van der Waals surface area contributed by atoms with E-state index in [2.05, 4.69) is 5.32 Å². The molecular formula is C14H16N2O3S. The molecule has 3 unspecified atom stereocenters. The Kier molecular flexibility index (Phi) is 3.25. The predicted molar refractivity (Wildman–Crippen MR) is 77.2 cm³/mol. The molecule has 1 fully saturated rings. The molecule has 0 aliphatic carbocycles. The first-order chi connectivity index (χ1) is 9.63. The molecule has 0 saturated carbocycles. The van der Waals surface area contributed by atoms with E-state index in [4.69, 9.17) is 21.7 Å². The Bertz CT molecular complexity index is 563. The van der Waals surface area contributed by atoms with Crippen LogP contribution in [-0.2, 0) is 9.53 Å². The van der Waals surface area contributed by atoms with Crippen LogP contribution in [0.1, 0.15) is 18.5 Å². The van der Waals surface area contributed by atoms with E-state index in [-0.39, 0.29) is 12.0 Å². The summed E-state index contributed by atoms with van der Waals surface area (Å²) >= 11 is 5.30. The van der Waals surface area contributed by atoms with Gasteiger partial charge in [-0.2, -0.15) is 0 Å². The standard InChI is InChI=1S/C14H16N2O3S/c1-3-18-13(17)10-11-8-6-4-5-7-9(8)19-12(10)16(2)14(20)15-11/h4-7,10-12H,3H2,1-2H3,(H,15,20). The van der Waals surface area contributed by atoms with E-state index in [0.29, 0.717) is 11.7 Å². The highest BCUT2D eigenvalue weighted by Gasteiger charge is 2.50. The molecule has 20 heavy (non-hydrogen) atoms. The van der Waals surface area contributed by atoms with Crippen molar-refractivity contribution in [3.63, 3.8) is 0 Å². The van der Waals surface area contributed by atoms with Crippen LogP contribution in [-0.4, -0.2) is 35.9 Å². The number of ether oxygens (including phenoxy) is 2. The molecule has 3 atom stereocenters. The molecular weight excluding hydrogens is 276 g/mol. The number of hydrogen-bond donors (Lipinski definition) is 1. The zero-order valence-electron chi connectivity index (χ0n) is 11.3. The number of hydrogen-bond acceptors (Lipinski definition) is 4. The van der Waals surface area contributed by atoms with Crippen molar-refractivity contribution in [1.29, 1.82) is 0 Å². The van der Waals surface area contributed by atoms with Gasteiger partial charge in [0.15, 0.2) is 11.3 Å². The lowest BCUT2D eigenvalue weighted by atomic mass is 9.86. The zero-order chi connectivity index (χ0) is 14.3. The largest absolute Gasteiger partial charge is 0.469 e. The smallest absolute Gasteiger partial charge is 0.317 e. The van der Waals surface area contributed by atoms with Gasteiger partial charge in [0.2, 0.25) is 0 Å². The molecule has 1 aromatic carbocycles. The second kappa shape index (κ2) is 4.94. The summed E-state index contributed by atoms with van der Waals surface area (Å²) in [5, 5.41) is 3.80. The number of nitrogens with zero attached hydrogens (tertiary/aromatic N) is 1. The number of fused-ring (bicyclic) bond motifs is 4. The fraction of sp³-hybridized carbons (Fsp3) is 0.429. The highest BCUT2D eigenvalue weighted by atomic mass is 32.1. The Hall–Kier alpha value is -1.82. The van der Waals surface area contributed by atoms with Crippen LogP contribution in [0.5, 0.6) is 5.75 Å². The first-order valence-electron chi connectivity index (χ1n) is 6.59. The number of rotatable bonds is 2. The van der Waals surface area contributed by atoms with Gasteiger partial charge in [0.25, 0.3) is 0 Å². The maximum Gasteiger partial charge on any atom is 0.317 e. The molecule has 2 aliphatic rings. The fourth-order valence-electron chi connectivity index (χ4n) is 2.74. The van der Waals surface area contributed by atoms with Crippen LogP contribution in [0, 0.1) is 5.92 Å². The minimum Gasteiger partial charge on any atom is -0.469 e. The van der Waals surface area contributed by atoms with Crippen LogP contribution in [0.2, 0.25) is 0 Å². The summed E-state index contributed by atoms with van der Waals surface area (Å²) in [5.41, 5.74) is 0.942. The van der Waals surface area contributed by atoms with Gasteiger partial charge in [-0.25, -0.2) is 0 Å². The average Bonchev–Trinajstić information content (AvgIpc) is 2.45. The van der Waals surface area contributed by atoms with Crippen molar-refractivity contribution >= 4 is 23.3 Å². The molecule has 0 aromatic heterocycles. The maximum atomic E-state index is 12.3. The average molecular weight is 292 g/mol. The van der Waals surface area contributed by atoms with E-state index < -0.39 is 12.1 Å². The fourth-order valence-corrected chi connectivity index (χ4v) is 2.97. The monoisotopic (exact) mass is 292 g/mol. The van der Waals surface area contributed by atoms with Crippen LogP contribution in [0.3, 0.4) is 0 Å². The van der Waals surface area contributed by atoms with E-state index >= 15 is 0 Å². The topological polar surface area (TPSA) is 50.8 Å². The lowest BCUT2D eigenvalue weighted by molar-refractivity contribution is -0.158. The van der Waals surface area contributed by atoms with Gasteiger partial charge >= 0.3 is 5.97 Å². The number of thiocarbonyl (C=S) groups is 1. The summed E-state index contributed by atoms with van der Waals surface area (Å²) in [6.07, 6.45) is -0.428. The molecule has 5 nitrogen and oxygen atoms in total. The molecule has 6 heteroatoms. The number of carbonyl (C=O) groups is 1. The predicted octanol–water partition coefficient (Wildman–Crippen LogP) is 1.45. The quantitative estimate of drug-likeness (QED) is 0.657. The van der Waals surface area contributed by atoms with Crippen molar-refractivity contribution in [2.45, 2.75) is 19.2 Å². The van der Waals surface area contributed by atoms with Crippen molar-refractivity contribution < 1.29 is 14.3 Å². The van der Waals surface area contributed by atoms with E-state index in [9.17, 15) is 4.79 Å². The lowest BCUT2D eigenvalue weighted by Crippen LogP contribution is -2.63. The Balaban J connectivity index is 2.04. The number of nitrogens with one attached hydrogen (secondary N) is 1. The molecule has 3 rings (SSSR count). The highest BCUT2D eigenvalue weighted by Crippen LogP contribution is 2.42. The van der Waals surface area contributed by atoms with Gasteiger partial charge in [-0.3, -0.25) is 4.79 Å². The lowest BCUT2D eigenvalue weighted by Gasteiger charge is -2.47. The molecule has 0 amide bonds. The van der Waals surface area contributed by atoms with Gasteiger partial charge < -0.3 is 19.7 Å². The van der Waals surface area contributed by atoms with Crippen LogP contribution >= 0.6 is 12.2 Å². The summed E-state index contributed by atoms with van der Waals surface area (Å²) in [4.78, 5) is 14.0. The number of esters is 1.